The maximum absolute atomic E-state index is 14.1. The van der Waals surface area contributed by atoms with Crippen molar-refractivity contribution in [3.8, 4) is 28.6 Å². The van der Waals surface area contributed by atoms with E-state index in [0.717, 1.165) is 23.3 Å². The fourth-order valence-electron chi connectivity index (χ4n) is 3.41. The summed E-state index contributed by atoms with van der Waals surface area (Å²) in [6, 6.07) is 15.7. The predicted molar refractivity (Wildman–Crippen MR) is 137 cm³/mol. The van der Waals surface area contributed by atoms with Gasteiger partial charge in [0.2, 0.25) is 0 Å². The molecule has 0 saturated carbocycles. The molecule has 0 fully saturated rings. The van der Waals surface area contributed by atoms with Crippen LogP contribution in [-0.2, 0) is 30.9 Å². The number of halogens is 4. The number of hydrogen-bond donors (Lipinski definition) is 0. The molecule has 3 aromatic heterocycles. The van der Waals surface area contributed by atoms with Gasteiger partial charge in [-0.1, -0.05) is 70.9 Å². The van der Waals surface area contributed by atoms with E-state index < -0.39 is 29.1 Å². The fraction of sp³-hybridized carbons (Fsp3) is 0.267. The van der Waals surface area contributed by atoms with Gasteiger partial charge in [-0.25, -0.2) is 8.78 Å². The van der Waals surface area contributed by atoms with Gasteiger partial charge in [0.1, 0.15) is 11.9 Å². The normalized spacial score (nSPS) is 11.1. The third kappa shape index (κ3) is 7.78. The third-order valence-corrected chi connectivity index (χ3v) is 5.64. The van der Waals surface area contributed by atoms with Gasteiger partial charge in [0.15, 0.2) is 0 Å². The molecule has 205 valence electrons. The molecule has 9 heteroatoms. The van der Waals surface area contributed by atoms with E-state index in [2.05, 4.69) is 47.9 Å². The largest absolute Gasteiger partial charge is 0.305 e. The Morgan fingerprint density at radius 3 is 1.72 bits per heavy atom. The molecular weight excluding hydrogens is 685 g/mol. The average molecular weight is 711 g/mol. The van der Waals surface area contributed by atoms with Gasteiger partial charge < -0.3 is 9.97 Å². The van der Waals surface area contributed by atoms with Gasteiger partial charge in [-0.15, -0.1) is 18.2 Å². The second kappa shape index (κ2) is 12.6. The van der Waals surface area contributed by atoms with E-state index in [0.29, 0.717) is 11.4 Å². The number of rotatable bonds is 2. The van der Waals surface area contributed by atoms with Crippen LogP contribution < -0.4 is 0 Å². The van der Waals surface area contributed by atoms with Crippen molar-refractivity contribution in [2.45, 2.75) is 52.4 Å². The summed E-state index contributed by atoms with van der Waals surface area (Å²) in [4.78, 5) is 11.3. The minimum absolute atomic E-state index is 0. The summed E-state index contributed by atoms with van der Waals surface area (Å²) in [6.45, 7) is 12.2. The first-order chi connectivity index (χ1) is 17.7. The first-order valence-corrected chi connectivity index (χ1v) is 11.7. The van der Waals surface area contributed by atoms with Crippen molar-refractivity contribution in [3.63, 3.8) is 0 Å². The molecular formula is C30H26F4IrN4-2. The number of benzene rings is 1. The fourth-order valence-corrected chi connectivity index (χ4v) is 3.41. The molecule has 3 heterocycles. The topological polar surface area (TPSA) is 62.5 Å². The molecule has 1 radical (unpaired) electrons. The van der Waals surface area contributed by atoms with Crippen molar-refractivity contribution in [2.75, 3.05) is 0 Å². The predicted octanol–water partition coefficient (Wildman–Crippen LogP) is 7.51. The Kier molecular flexibility index (Phi) is 10.2. The van der Waals surface area contributed by atoms with Crippen molar-refractivity contribution in [1.82, 2.24) is 15.0 Å². The Labute approximate surface area is 239 Å². The molecule has 0 spiro atoms. The van der Waals surface area contributed by atoms with Gasteiger partial charge in [0.25, 0.3) is 0 Å². The summed E-state index contributed by atoms with van der Waals surface area (Å²) in [5, 5.41) is 8.79. The van der Waals surface area contributed by atoms with Crippen LogP contribution in [0.3, 0.4) is 0 Å². The van der Waals surface area contributed by atoms with Crippen LogP contribution in [0.5, 0.6) is 0 Å². The van der Waals surface area contributed by atoms with Crippen molar-refractivity contribution >= 4 is 0 Å². The van der Waals surface area contributed by atoms with Crippen LogP contribution in [0.4, 0.5) is 17.6 Å². The van der Waals surface area contributed by atoms with Crippen molar-refractivity contribution in [2.24, 2.45) is 0 Å². The van der Waals surface area contributed by atoms with Gasteiger partial charge in [0, 0.05) is 38.1 Å². The monoisotopic (exact) mass is 711 g/mol. The van der Waals surface area contributed by atoms with Crippen LogP contribution in [0.15, 0.2) is 48.8 Å². The van der Waals surface area contributed by atoms with Gasteiger partial charge in [-0.05, 0) is 45.5 Å². The first kappa shape index (κ1) is 31.7. The summed E-state index contributed by atoms with van der Waals surface area (Å²) in [7, 11) is 0. The minimum atomic E-state index is -0.925. The standard InChI is InChI=1S/C16H13F2N2.C14H13F2N2.Ir/c1-16(2,3)10-6-7-20-14(8-10)11-4-5-13(17)12(9-19)15(11)18;1-14(2,3)9-6-7-17-11(8-9)10-4-5-12(15)18-13(10)16;/h5-8H,1-3H3;5-8H,1-3H3;/q2*-1;. The molecule has 0 saturated heterocycles. The van der Waals surface area contributed by atoms with Crippen LogP contribution in [-0.4, -0.2) is 15.0 Å². The molecule has 0 bridgehead atoms. The van der Waals surface area contributed by atoms with Gasteiger partial charge >= 0.3 is 0 Å². The molecule has 0 aliphatic carbocycles. The summed E-state index contributed by atoms with van der Waals surface area (Å²) < 4.78 is 53.7. The molecule has 4 nitrogen and oxygen atoms in total. The number of nitriles is 1. The zero-order valence-electron chi connectivity index (χ0n) is 22.3. The summed E-state index contributed by atoms with van der Waals surface area (Å²) in [5.74, 6) is -3.62. The van der Waals surface area contributed by atoms with Crippen LogP contribution in [0.1, 0.15) is 58.2 Å². The Bertz CT molecular complexity index is 1500. The van der Waals surface area contributed by atoms with Crippen LogP contribution in [0, 0.1) is 47.0 Å². The van der Waals surface area contributed by atoms with Crippen molar-refractivity contribution < 1.29 is 37.7 Å². The smallest absolute Gasteiger partial charge is 0.128 e. The molecule has 39 heavy (non-hydrogen) atoms. The first-order valence-electron chi connectivity index (χ1n) is 11.7. The third-order valence-electron chi connectivity index (χ3n) is 5.64. The molecule has 0 amide bonds. The van der Waals surface area contributed by atoms with Gasteiger partial charge in [-0.3, -0.25) is 13.8 Å². The quantitative estimate of drug-likeness (QED) is 0.123. The van der Waals surface area contributed by atoms with Crippen LogP contribution in [0.2, 0.25) is 0 Å². The van der Waals surface area contributed by atoms with E-state index in [1.165, 1.54) is 6.07 Å². The van der Waals surface area contributed by atoms with E-state index in [4.69, 9.17) is 5.26 Å². The summed E-state index contributed by atoms with van der Waals surface area (Å²) >= 11 is 0. The van der Waals surface area contributed by atoms with E-state index >= 15 is 0 Å². The summed E-state index contributed by atoms with van der Waals surface area (Å²) in [6.07, 6.45) is 3.17. The van der Waals surface area contributed by atoms with Crippen molar-refractivity contribution in [3.05, 3.63) is 101 Å². The average Bonchev–Trinajstić information content (AvgIpc) is 2.84. The molecule has 4 aromatic rings. The zero-order valence-corrected chi connectivity index (χ0v) is 24.6. The SMILES string of the molecule is CC(C)(C)c1ccnc(-c2[c-]cc(F)c(C#N)c2F)c1.CC(C)(C)c1ccnc(-c2[c-]cc(F)nc2F)c1.[Ir]. The second-order valence-corrected chi connectivity index (χ2v) is 10.6. The molecule has 0 atom stereocenters. The van der Waals surface area contributed by atoms with Gasteiger partial charge in [-0.2, -0.15) is 5.26 Å². The molecule has 4 rings (SSSR count). The maximum atomic E-state index is 14.1. The van der Waals surface area contributed by atoms with E-state index in [1.54, 1.807) is 24.5 Å². The molecule has 0 N–H and O–H groups in total. The Morgan fingerprint density at radius 1 is 0.769 bits per heavy atom. The maximum Gasteiger partial charge on any atom is 0.128 e. The van der Waals surface area contributed by atoms with Crippen LogP contribution >= 0.6 is 0 Å². The van der Waals surface area contributed by atoms with Crippen LogP contribution in [0.25, 0.3) is 22.5 Å². The number of hydrogen-bond acceptors (Lipinski definition) is 4. The Morgan fingerprint density at radius 2 is 1.26 bits per heavy atom. The molecule has 0 unspecified atom stereocenters. The number of aromatic nitrogens is 3. The van der Waals surface area contributed by atoms with E-state index in [-0.39, 0.29) is 42.1 Å². The second-order valence-electron chi connectivity index (χ2n) is 10.6. The Hall–Kier alpha value is -3.47. The van der Waals surface area contributed by atoms with E-state index in [1.807, 2.05) is 32.9 Å². The Balaban J connectivity index is 0.000000268. The van der Waals surface area contributed by atoms with Gasteiger partial charge in [0.05, 0.1) is 17.7 Å². The number of pyridine rings is 3. The zero-order chi connectivity index (χ0) is 28.3. The molecule has 1 aromatic carbocycles. The van der Waals surface area contributed by atoms with Crippen molar-refractivity contribution in [1.29, 1.82) is 5.26 Å². The van der Waals surface area contributed by atoms with E-state index in [9.17, 15) is 17.6 Å². The summed E-state index contributed by atoms with van der Waals surface area (Å²) in [5.41, 5.74) is 2.04. The number of nitrogens with zero attached hydrogens (tertiary/aromatic N) is 4. The molecule has 0 aliphatic rings. The molecule has 0 aliphatic heterocycles. The minimum Gasteiger partial charge on any atom is -0.305 e.